The lowest BCUT2D eigenvalue weighted by Gasteiger charge is -2.14. The molecule has 0 aromatic heterocycles. The van der Waals surface area contributed by atoms with Crippen LogP contribution in [-0.4, -0.2) is 42.3 Å². The summed E-state index contributed by atoms with van der Waals surface area (Å²) in [5.74, 6) is 1.30. The normalized spacial score (nSPS) is 12.6. The Kier molecular flexibility index (Phi) is 9.52. The van der Waals surface area contributed by atoms with Gasteiger partial charge in [0.25, 0.3) is 0 Å². The SMILES string of the molecule is CSCCCNC(=O)NCCC(O)C(C)C. The Labute approximate surface area is 103 Å². The van der Waals surface area contributed by atoms with E-state index in [2.05, 4.69) is 10.6 Å². The second-order valence-electron chi connectivity index (χ2n) is 4.13. The van der Waals surface area contributed by atoms with Crippen molar-refractivity contribution in [1.82, 2.24) is 10.6 Å². The minimum absolute atomic E-state index is 0.142. The number of carbonyl (C=O) groups is 1. The van der Waals surface area contributed by atoms with Crippen LogP contribution in [0.4, 0.5) is 4.79 Å². The third kappa shape index (κ3) is 8.85. The van der Waals surface area contributed by atoms with Gasteiger partial charge in [0.1, 0.15) is 0 Å². The minimum Gasteiger partial charge on any atom is -0.393 e. The molecule has 4 nitrogen and oxygen atoms in total. The van der Waals surface area contributed by atoms with E-state index in [0.29, 0.717) is 19.5 Å². The lowest BCUT2D eigenvalue weighted by molar-refractivity contribution is 0.116. The van der Waals surface area contributed by atoms with Gasteiger partial charge in [0.15, 0.2) is 0 Å². The molecular formula is C11H24N2O2S. The Balaban J connectivity index is 3.37. The summed E-state index contributed by atoms with van der Waals surface area (Å²) in [6, 6.07) is -0.142. The van der Waals surface area contributed by atoms with Crippen molar-refractivity contribution in [2.45, 2.75) is 32.8 Å². The predicted molar refractivity (Wildman–Crippen MR) is 69.9 cm³/mol. The number of nitrogens with one attached hydrogen (secondary N) is 2. The number of hydrogen-bond acceptors (Lipinski definition) is 3. The van der Waals surface area contributed by atoms with E-state index in [-0.39, 0.29) is 18.1 Å². The largest absolute Gasteiger partial charge is 0.393 e. The first kappa shape index (κ1) is 15.6. The number of aliphatic hydroxyl groups is 1. The highest BCUT2D eigenvalue weighted by Crippen LogP contribution is 2.03. The van der Waals surface area contributed by atoms with E-state index in [1.165, 1.54) is 0 Å². The van der Waals surface area contributed by atoms with Gasteiger partial charge in [0, 0.05) is 13.1 Å². The molecule has 0 bridgehead atoms. The third-order valence-electron chi connectivity index (χ3n) is 2.31. The summed E-state index contributed by atoms with van der Waals surface area (Å²) >= 11 is 1.77. The second kappa shape index (κ2) is 9.78. The Morgan fingerprint density at radius 2 is 1.94 bits per heavy atom. The highest BCUT2D eigenvalue weighted by molar-refractivity contribution is 7.98. The van der Waals surface area contributed by atoms with Crippen LogP contribution in [-0.2, 0) is 0 Å². The van der Waals surface area contributed by atoms with Crippen molar-refractivity contribution in [2.75, 3.05) is 25.1 Å². The van der Waals surface area contributed by atoms with Crippen LogP contribution in [0.2, 0.25) is 0 Å². The Morgan fingerprint density at radius 3 is 2.50 bits per heavy atom. The molecule has 0 spiro atoms. The molecule has 96 valence electrons. The van der Waals surface area contributed by atoms with Crippen molar-refractivity contribution in [2.24, 2.45) is 5.92 Å². The number of hydrogen-bond donors (Lipinski definition) is 3. The summed E-state index contributed by atoms with van der Waals surface area (Å²) < 4.78 is 0. The maximum atomic E-state index is 11.2. The maximum Gasteiger partial charge on any atom is 0.314 e. The molecule has 0 rings (SSSR count). The topological polar surface area (TPSA) is 61.4 Å². The van der Waals surface area contributed by atoms with E-state index in [1.54, 1.807) is 11.8 Å². The van der Waals surface area contributed by atoms with Crippen LogP contribution in [0.15, 0.2) is 0 Å². The van der Waals surface area contributed by atoms with Gasteiger partial charge in [0.05, 0.1) is 6.10 Å². The van der Waals surface area contributed by atoms with Crippen molar-refractivity contribution in [3.8, 4) is 0 Å². The predicted octanol–water partition coefficient (Wildman–Crippen LogP) is 1.45. The average Bonchev–Trinajstić information content (AvgIpc) is 2.24. The fourth-order valence-corrected chi connectivity index (χ4v) is 1.58. The van der Waals surface area contributed by atoms with Crippen molar-refractivity contribution in [1.29, 1.82) is 0 Å². The Hall–Kier alpha value is -0.420. The highest BCUT2D eigenvalue weighted by Gasteiger charge is 2.08. The van der Waals surface area contributed by atoms with E-state index in [1.807, 2.05) is 20.1 Å². The zero-order chi connectivity index (χ0) is 12.4. The van der Waals surface area contributed by atoms with Crippen molar-refractivity contribution < 1.29 is 9.90 Å². The molecule has 0 aromatic rings. The maximum absolute atomic E-state index is 11.2. The summed E-state index contributed by atoms with van der Waals surface area (Å²) in [6.07, 6.45) is 3.31. The Morgan fingerprint density at radius 1 is 1.31 bits per heavy atom. The number of carbonyl (C=O) groups excluding carboxylic acids is 1. The second-order valence-corrected chi connectivity index (χ2v) is 5.11. The molecule has 0 saturated carbocycles. The molecule has 0 fully saturated rings. The highest BCUT2D eigenvalue weighted by atomic mass is 32.2. The van der Waals surface area contributed by atoms with Crippen molar-refractivity contribution in [3.63, 3.8) is 0 Å². The van der Waals surface area contributed by atoms with E-state index in [9.17, 15) is 9.90 Å². The molecule has 0 aliphatic carbocycles. The number of amides is 2. The van der Waals surface area contributed by atoms with Crippen LogP contribution >= 0.6 is 11.8 Å². The van der Waals surface area contributed by atoms with Gasteiger partial charge in [-0.3, -0.25) is 0 Å². The van der Waals surface area contributed by atoms with E-state index < -0.39 is 0 Å². The third-order valence-corrected chi connectivity index (χ3v) is 3.00. The molecule has 2 amide bonds. The van der Waals surface area contributed by atoms with Gasteiger partial charge in [-0.2, -0.15) is 11.8 Å². The fraction of sp³-hybridized carbons (Fsp3) is 0.909. The van der Waals surface area contributed by atoms with E-state index in [0.717, 1.165) is 12.2 Å². The molecule has 0 radical (unpaired) electrons. The standard InChI is InChI=1S/C11H24N2O2S/c1-9(2)10(14)5-7-13-11(15)12-6-4-8-16-3/h9-10,14H,4-8H2,1-3H3,(H2,12,13,15). The fourth-order valence-electron chi connectivity index (χ4n) is 1.15. The smallest absolute Gasteiger partial charge is 0.314 e. The van der Waals surface area contributed by atoms with Gasteiger partial charge in [-0.25, -0.2) is 4.79 Å². The molecule has 16 heavy (non-hydrogen) atoms. The first-order valence-electron chi connectivity index (χ1n) is 5.76. The number of urea groups is 1. The van der Waals surface area contributed by atoms with Gasteiger partial charge < -0.3 is 15.7 Å². The van der Waals surface area contributed by atoms with Crippen LogP contribution in [0.1, 0.15) is 26.7 Å². The van der Waals surface area contributed by atoms with Crippen LogP contribution < -0.4 is 10.6 Å². The molecule has 1 atom stereocenters. The van der Waals surface area contributed by atoms with Gasteiger partial charge in [-0.05, 0) is 30.8 Å². The van der Waals surface area contributed by atoms with Gasteiger partial charge >= 0.3 is 6.03 Å². The molecule has 5 heteroatoms. The number of rotatable bonds is 8. The Bertz CT molecular complexity index is 189. The molecule has 1 unspecified atom stereocenters. The monoisotopic (exact) mass is 248 g/mol. The first-order chi connectivity index (χ1) is 7.57. The van der Waals surface area contributed by atoms with E-state index in [4.69, 9.17) is 0 Å². The molecule has 0 aliphatic rings. The van der Waals surface area contributed by atoms with Crippen LogP contribution in [0.3, 0.4) is 0 Å². The number of thioether (sulfide) groups is 1. The summed E-state index contributed by atoms with van der Waals surface area (Å²) in [4.78, 5) is 11.2. The van der Waals surface area contributed by atoms with Crippen molar-refractivity contribution in [3.05, 3.63) is 0 Å². The quantitative estimate of drug-likeness (QED) is 0.570. The van der Waals surface area contributed by atoms with Crippen LogP contribution in [0.25, 0.3) is 0 Å². The lowest BCUT2D eigenvalue weighted by Crippen LogP contribution is -2.38. The first-order valence-corrected chi connectivity index (χ1v) is 7.16. The summed E-state index contributed by atoms with van der Waals surface area (Å²) in [6.45, 7) is 5.16. The zero-order valence-electron chi connectivity index (χ0n) is 10.5. The van der Waals surface area contributed by atoms with E-state index >= 15 is 0 Å². The molecule has 0 aliphatic heterocycles. The lowest BCUT2D eigenvalue weighted by atomic mass is 10.0. The minimum atomic E-state index is -0.336. The van der Waals surface area contributed by atoms with Crippen LogP contribution in [0, 0.1) is 5.92 Å². The summed E-state index contributed by atoms with van der Waals surface area (Å²) in [5, 5.41) is 15.0. The van der Waals surface area contributed by atoms with Gasteiger partial charge in [-0.15, -0.1) is 0 Å². The van der Waals surface area contributed by atoms with Crippen molar-refractivity contribution >= 4 is 17.8 Å². The van der Waals surface area contributed by atoms with Crippen LogP contribution in [0.5, 0.6) is 0 Å². The average molecular weight is 248 g/mol. The van der Waals surface area contributed by atoms with Gasteiger partial charge in [0.2, 0.25) is 0 Å². The number of aliphatic hydroxyl groups excluding tert-OH is 1. The molecule has 0 saturated heterocycles. The molecule has 0 heterocycles. The molecular weight excluding hydrogens is 224 g/mol. The van der Waals surface area contributed by atoms with Gasteiger partial charge in [-0.1, -0.05) is 13.8 Å². The summed E-state index contributed by atoms with van der Waals surface area (Å²) in [7, 11) is 0. The molecule has 3 N–H and O–H groups in total. The zero-order valence-corrected chi connectivity index (χ0v) is 11.3. The molecule has 0 aromatic carbocycles. The summed E-state index contributed by atoms with van der Waals surface area (Å²) in [5.41, 5.74) is 0.